The predicted octanol–water partition coefficient (Wildman–Crippen LogP) is 5.22. The number of anilines is 2. The van der Waals surface area contributed by atoms with Gasteiger partial charge in [0.05, 0.1) is 0 Å². The van der Waals surface area contributed by atoms with Crippen LogP contribution in [0.4, 0.5) is 11.4 Å². The Bertz CT molecular complexity index is 385. The van der Waals surface area contributed by atoms with Gasteiger partial charge in [0.25, 0.3) is 0 Å². The summed E-state index contributed by atoms with van der Waals surface area (Å²) < 4.78 is 0. The van der Waals surface area contributed by atoms with Crippen LogP contribution in [-0.2, 0) is 0 Å². The van der Waals surface area contributed by atoms with E-state index >= 15 is 0 Å². The van der Waals surface area contributed by atoms with Crippen molar-refractivity contribution in [3.63, 3.8) is 0 Å². The zero-order chi connectivity index (χ0) is 15.0. The fourth-order valence-electron chi connectivity index (χ4n) is 2.59. The minimum absolute atomic E-state index is 0.550. The molecular formula is C18H32N2. The van der Waals surface area contributed by atoms with Crippen LogP contribution >= 0.6 is 0 Å². The Labute approximate surface area is 125 Å². The molecule has 1 rings (SSSR count). The van der Waals surface area contributed by atoms with Crippen molar-refractivity contribution in [1.29, 1.82) is 0 Å². The van der Waals surface area contributed by atoms with Crippen molar-refractivity contribution in [1.82, 2.24) is 0 Å². The topological polar surface area (TPSA) is 15.3 Å². The fraction of sp³-hybridized carbons (Fsp3) is 0.667. The summed E-state index contributed by atoms with van der Waals surface area (Å²) in [6.07, 6.45) is 8.06. The number of nitrogens with zero attached hydrogens (tertiary/aromatic N) is 1. The van der Waals surface area contributed by atoms with E-state index in [0.717, 1.165) is 0 Å². The highest BCUT2D eigenvalue weighted by atomic mass is 15.1. The van der Waals surface area contributed by atoms with E-state index in [9.17, 15) is 0 Å². The third-order valence-electron chi connectivity index (χ3n) is 3.84. The molecule has 0 aliphatic carbocycles. The normalized spacial score (nSPS) is 12.2. The molecule has 114 valence electrons. The van der Waals surface area contributed by atoms with Crippen LogP contribution in [0.25, 0.3) is 0 Å². The van der Waals surface area contributed by atoms with E-state index in [0.29, 0.717) is 6.04 Å². The van der Waals surface area contributed by atoms with Gasteiger partial charge < -0.3 is 10.2 Å². The van der Waals surface area contributed by atoms with Gasteiger partial charge in [0.2, 0.25) is 0 Å². The Morgan fingerprint density at radius 2 is 1.80 bits per heavy atom. The summed E-state index contributed by atoms with van der Waals surface area (Å²) >= 11 is 0. The van der Waals surface area contributed by atoms with E-state index in [-0.39, 0.29) is 0 Å². The van der Waals surface area contributed by atoms with E-state index in [1.165, 1.54) is 55.5 Å². The van der Waals surface area contributed by atoms with Gasteiger partial charge in [-0.25, -0.2) is 0 Å². The van der Waals surface area contributed by atoms with Gasteiger partial charge in [0, 0.05) is 31.5 Å². The number of hydrogen-bond donors (Lipinski definition) is 1. The molecule has 2 heteroatoms. The SMILES string of the molecule is CCCCCCCC(C)Nc1ccc(C)c(N(C)C)c1. The molecule has 1 aromatic rings. The van der Waals surface area contributed by atoms with Crippen LogP contribution in [0.3, 0.4) is 0 Å². The van der Waals surface area contributed by atoms with Gasteiger partial charge >= 0.3 is 0 Å². The molecule has 1 N–H and O–H groups in total. The Kier molecular flexibility index (Phi) is 7.50. The number of hydrogen-bond acceptors (Lipinski definition) is 2. The van der Waals surface area contributed by atoms with Crippen molar-refractivity contribution in [3.8, 4) is 0 Å². The van der Waals surface area contributed by atoms with Gasteiger partial charge in [-0.15, -0.1) is 0 Å². The molecule has 0 aliphatic heterocycles. The maximum absolute atomic E-state index is 3.63. The third-order valence-corrected chi connectivity index (χ3v) is 3.84. The Morgan fingerprint density at radius 1 is 1.10 bits per heavy atom. The first-order valence-corrected chi connectivity index (χ1v) is 8.09. The number of rotatable bonds is 9. The third kappa shape index (κ3) is 5.85. The van der Waals surface area contributed by atoms with Crippen LogP contribution in [0, 0.1) is 6.92 Å². The zero-order valence-corrected chi connectivity index (χ0v) is 14.0. The van der Waals surface area contributed by atoms with E-state index in [1.807, 2.05) is 0 Å². The first kappa shape index (κ1) is 16.9. The molecule has 0 amide bonds. The van der Waals surface area contributed by atoms with Crippen molar-refractivity contribution in [2.24, 2.45) is 0 Å². The quantitative estimate of drug-likeness (QED) is 0.622. The standard InChI is InChI=1S/C18H32N2/c1-6-7-8-9-10-11-16(3)19-17-13-12-15(2)18(14-17)20(4)5/h12-14,16,19H,6-11H2,1-5H3. The molecule has 0 aliphatic rings. The fourth-order valence-corrected chi connectivity index (χ4v) is 2.59. The van der Waals surface area contributed by atoms with Crippen molar-refractivity contribution in [2.45, 2.75) is 65.3 Å². The first-order chi connectivity index (χ1) is 9.54. The maximum atomic E-state index is 3.63. The molecule has 0 spiro atoms. The molecule has 0 radical (unpaired) electrons. The molecule has 0 fully saturated rings. The molecule has 1 aromatic carbocycles. The lowest BCUT2D eigenvalue weighted by Crippen LogP contribution is -2.16. The highest BCUT2D eigenvalue weighted by Crippen LogP contribution is 2.23. The molecule has 0 aromatic heterocycles. The van der Waals surface area contributed by atoms with Crippen molar-refractivity contribution in [3.05, 3.63) is 23.8 Å². The summed E-state index contributed by atoms with van der Waals surface area (Å²) in [5, 5.41) is 3.63. The summed E-state index contributed by atoms with van der Waals surface area (Å²) in [5.74, 6) is 0. The van der Waals surface area contributed by atoms with Gasteiger partial charge in [-0.2, -0.15) is 0 Å². The van der Waals surface area contributed by atoms with Crippen LogP contribution in [0.1, 0.15) is 57.9 Å². The van der Waals surface area contributed by atoms with E-state index < -0.39 is 0 Å². The molecular weight excluding hydrogens is 244 g/mol. The maximum Gasteiger partial charge on any atom is 0.0411 e. The second-order valence-electron chi connectivity index (χ2n) is 6.14. The lowest BCUT2D eigenvalue weighted by atomic mass is 10.1. The zero-order valence-electron chi connectivity index (χ0n) is 14.0. The molecule has 0 saturated heterocycles. The summed E-state index contributed by atoms with van der Waals surface area (Å²) in [6, 6.07) is 7.19. The molecule has 0 bridgehead atoms. The Hall–Kier alpha value is -1.18. The number of benzene rings is 1. The van der Waals surface area contributed by atoms with Crippen LogP contribution in [0.2, 0.25) is 0 Å². The average Bonchev–Trinajstić information content (AvgIpc) is 2.40. The molecule has 1 atom stereocenters. The van der Waals surface area contributed by atoms with Gasteiger partial charge in [0.15, 0.2) is 0 Å². The predicted molar refractivity (Wildman–Crippen MR) is 92.0 cm³/mol. The molecule has 1 unspecified atom stereocenters. The minimum atomic E-state index is 0.550. The van der Waals surface area contributed by atoms with Crippen LogP contribution in [-0.4, -0.2) is 20.1 Å². The smallest absolute Gasteiger partial charge is 0.0411 e. The average molecular weight is 276 g/mol. The van der Waals surface area contributed by atoms with Crippen LogP contribution in [0.15, 0.2) is 18.2 Å². The van der Waals surface area contributed by atoms with E-state index in [1.54, 1.807) is 0 Å². The van der Waals surface area contributed by atoms with Crippen LogP contribution in [0.5, 0.6) is 0 Å². The van der Waals surface area contributed by atoms with Crippen molar-refractivity contribution < 1.29 is 0 Å². The number of unbranched alkanes of at least 4 members (excludes halogenated alkanes) is 4. The molecule has 2 nitrogen and oxygen atoms in total. The van der Waals surface area contributed by atoms with Crippen LogP contribution < -0.4 is 10.2 Å². The summed E-state index contributed by atoms with van der Waals surface area (Å²) in [4.78, 5) is 2.18. The summed E-state index contributed by atoms with van der Waals surface area (Å²) in [7, 11) is 4.20. The lowest BCUT2D eigenvalue weighted by molar-refractivity contribution is 0.578. The van der Waals surface area contributed by atoms with E-state index in [4.69, 9.17) is 0 Å². The van der Waals surface area contributed by atoms with Gasteiger partial charge in [-0.05, 0) is 38.0 Å². The Morgan fingerprint density at radius 3 is 2.45 bits per heavy atom. The number of nitrogens with one attached hydrogen (secondary N) is 1. The first-order valence-electron chi connectivity index (χ1n) is 8.09. The highest BCUT2D eigenvalue weighted by molar-refractivity contribution is 5.62. The van der Waals surface area contributed by atoms with Gasteiger partial charge in [-0.1, -0.05) is 45.1 Å². The second kappa shape index (κ2) is 8.89. The van der Waals surface area contributed by atoms with Gasteiger partial charge in [0.1, 0.15) is 0 Å². The van der Waals surface area contributed by atoms with E-state index in [2.05, 4.69) is 63.3 Å². The van der Waals surface area contributed by atoms with Gasteiger partial charge in [-0.3, -0.25) is 0 Å². The highest BCUT2D eigenvalue weighted by Gasteiger charge is 2.05. The lowest BCUT2D eigenvalue weighted by Gasteiger charge is -2.20. The molecule has 0 saturated carbocycles. The van der Waals surface area contributed by atoms with Crippen molar-refractivity contribution >= 4 is 11.4 Å². The minimum Gasteiger partial charge on any atom is -0.383 e. The second-order valence-corrected chi connectivity index (χ2v) is 6.14. The van der Waals surface area contributed by atoms with Crippen molar-refractivity contribution in [2.75, 3.05) is 24.3 Å². The Balaban J connectivity index is 2.41. The molecule has 20 heavy (non-hydrogen) atoms. The monoisotopic (exact) mass is 276 g/mol. The number of aryl methyl sites for hydroxylation is 1. The summed E-state index contributed by atoms with van der Waals surface area (Å²) in [6.45, 7) is 6.72. The largest absolute Gasteiger partial charge is 0.383 e. The summed E-state index contributed by atoms with van der Waals surface area (Å²) in [5.41, 5.74) is 3.86. The molecule has 0 heterocycles.